The zero-order valence-electron chi connectivity index (χ0n) is 9.18. The van der Waals surface area contributed by atoms with Crippen molar-refractivity contribution in [2.45, 2.75) is 19.8 Å². The zero-order chi connectivity index (χ0) is 11.7. The van der Waals surface area contributed by atoms with Crippen LogP contribution in [-0.2, 0) is 0 Å². The Bertz CT molecular complexity index is 504. The van der Waals surface area contributed by atoms with Crippen LogP contribution in [0.5, 0.6) is 0 Å². The van der Waals surface area contributed by atoms with Crippen molar-refractivity contribution in [3.63, 3.8) is 0 Å². The van der Waals surface area contributed by atoms with Gasteiger partial charge in [-0.2, -0.15) is 0 Å². The summed E-state index contributed by atoms with van der Waals surface area (Å²) in [5.74, 6) is 1.17. The number of rotatable bonds is 2. The SMILES string of the molecule is CC(C)c1nncn1-c1ccc(N)cc1Cl. The highest BCUT2D eigenvalue weighted by Crippen LogP contribution is 2.25. The van der Waals surface area contributed by atoms with Crippen molar-refractivity contribution in [3.05, 3.63) is 35.4 Å². The number of aromatic nitrogens is 3. The van der Waals surface area contributed by atoms with Gasteiger partial charge in [-0.25, -0.2) is 0 Å². The fourth-order valence-corrected chi connectivity index (χ4v) is 1.82. The maximum absolute atomic E-state index is 6.14. The minimum Gasteiger partial charge on any atom is -0.399 e. The van der Waals surface area contributed by atoms with Gasteiger partial charge in [0.05, 0.1) is 10.7 Å². The largest absolute Gasteiger partial charge is 0.399 e. The van der Waals surface area contributed by atoms with Crippen molar-refractivity contribution in [2.24, 2.45) is 0 Å². The fourth-order valence-electron chi connectivity index (χ4n) is 1.54. The van der Waals surface area contributed by atoms with E-state index in [4.69, 9.17) is 17.3 Å². The lowest BCUT2D eigenvalue weighted by atomic mass is 10.2. The highest BCUT2D eigenvalue weighted by molar-refractivity contribution is 6.32. The molecule has 4 nitrogen and oxygen atoms in total. The van der Waals surface area contributed by atoms with E-state index in [9.17, 15) is 0 Å². The van der Waals surface area contributed by atoms with Crippen LogP contribution >= 0.6 is 11.6 Å². The van der Waals surface area contributed by atoms with Gasteiger partial charge in [0.1, 0.15) is 12.2 Å². The molecule has 84 valence electrons. The van der Waals surface area contributed by atoms with Crippen LogP contribution in [0.15, 0.2) is 24.5 Å². The summed E-state index contributed by atoms with van der Waals surface area (Å²) in [6.45, 7) is 4.12. The molecule has 0 spiro atoms. The molecular weight excluding hydrogens is 224 g/mol. The Kier molecular flexibility index (Phi) is 2.83. The summed E-state index contributed by atoms with van der Waals surface area (Å²) in [5.41, 5.74) is 7.15. The molecule has 1 heterocycles. The summed E-state index contributed by atoms with van der Waals surface area (Å²) >= 11 is 6.14. The standard InChI is InChI=1S/C11H13ClN4/c1-7(2)11-15-14-6-16(11)10-4-3-8(13)5-9(10)12/h3-7H,13H2,1-2H3. The molecule has 1 aromatic carbocycles. The van der Waals surface area contributed by atoms with Crippen LogP contribution in [-0.4, -0.2) is 14.8 Å². The molecule has 0 aliphatic heterocycles. The molecule has 0 saturated carbocycles. The van der Waals surface area contributed by atoms with Gasteiger partial charge in [-0.05, 0) is 18.2 Å². The van der Waals surface area contributed by atoms with Gasteiger partial charge in [-0.1, -0.05) is 25.4 Å². The van der Waals surface area contributed by atoms with E-state index in [0.29, 0.717) is 10.7 Å². The molecule has 2 rings (SSSR count). The number of nitrogens with two attached hydrogens (primary N) is 1. The molecule has 5 heteroatoms. The van der Waals surface area contributed by atoms with Crippen molar-refractivity contribution < 1.29 is 0 Å². The molecule has 0 aliphatic carbocycles. The van der Waals surface area contributed by atoms with Crippen LogP contribution in [0.2, 0.25) is 5.02 Å². The van der Waals surface area contributed by atoms with E-state index in [1.807, 2.05) is 16.7 Å². The van der Waals surface area contributed by atoms with E-state index in [1.165, 1.54) is 0 Å². The van der Waals surface area contributed by atoms with Gasteiger partial charge in [0.2, 0.25) is 0 Å². The molecule has 2 aromatic rings. The molecule has 0 fully saturated rings. The Morgan fingerprint density at radius 2 is 2.12 bits per heavy atom. The summed E-state index contributed by atoms with van der Waals surface area (Å²) in [6, 6.07) is 5.40. The monoisotopic (exact) mass is 236 g/mol. The first-order chi connectivity index (χ1) is 7.59. The number of anilines is 1. The molecule has 0 radical (unpaired) electrons. The highest BCUT2D eigenvalue weighted by atomic mass is 35.5. The number of benzene rings is 1. The van der Waals surface area contributed by atoms with Crippen LogP contribution in [0.1, 0.15) is 25.6 Å². The second-order valence-corrected chi connectivity index (χ2v) is 4.33. The lowest BCUT2D eigenvalue weighted by Gasteiger charge is -2.10. The first-order valence-corrected chi connectivity index (χ1v) is 5.42. The van der Waals surface area contributed by atoms with Gasteiger partial charge in [0.25, 0.3) is 0 Å². The quantitative estimate of drug-likeness (QED) is 0.816. The molecule has 0 unspecified atom stereocenters. The number of halogens is 1. The van der Waals surface area contributed by atoms with E-state index >= 15 is 0 Å². The molecule has 2 N–H and O–H groups in total. The van der Waals surface area contributed by atoms with E-state index < -0.39 is 0 Å². The Morgan fingerprint density at radius 1 is 1.38 bits per heavy atom. The van der Waals surface area contributed by atoms with Gasteiger partial charge in [-0.15, -0.1) is 10.2 Å². The van der Waals surface area contributed by atoms with Gasteiger partial charge in [0.15, 0.2) is 0 Å². The van der Waals surface area contributed by atoms with Crippen LogP contribution < -0.4 is 5.73 Å². The van der Waals surface area contributed by atoms with E-state index in [1.54, 1.807) is 12.4 Å². The highest BCUT2D eigenvalue weighted by Gasteiger charge is 2.12. The molecule has 0 amide bonds. The zero-order valence-corrected chi connectivity index (χ0v) is 9.94. The van der Waals surface area contributed by atoms with Crippen molar-refractivity contribution in [2.75, 3.05) is 5.73 Å². The molecule has 1 aromatic heterocycles. The van der Waals surface area contributed by atoms with Gasteiger partial charge >= 0.3 is 0 Å². The normalized spacial score (nSPS) is 11.0. The van der Waals surface area contributed by atoms with Gasteiger partial charge in [-0.3, -0.25) is 4.57 Å². The van der Waals surface area contributed by atoms with Crippen molar-refractivity contribution in [3.8, 4) is 5.69 Å². The van der Waals surface area contributed by atoms with Crippen LogP contribution in [0.4, 0.5) is 5.69 Å². The molecule has 0 saturated heterocycles. The minimum atomic E-state index is 0.288. The van der Waals surface area contributed by atoms with Gasteiger partial charge in [0, 0.05) is 11.6 Å². The summed E-state index contributed by atoms with van der Waals surface area (Å²) in [4.78, 5) is 0. The molecule has 0 atom stereocenters. The van der Waals surface area contributed by atoms with Crippen molar-refractivity contribution in [1.29, 1.82) is 0 Å². The predicted octanol–water partition coefficient (Wildman–Crippen LogP) is 2.63. The summed E-state index contributed by atoms with van der Waals surface area (Å²) in [7, 11) is 0. The lowest BCUT2D eigenvalue weighted by molar-refractivity contribution is 0.745. The smallest absolute Gasteiger partial charge is 0.140 e. The van der Waals surface area contributed by atoms with Crippen LogP contribution in [0, 0.1) is 0 Å². The number of hydrogen-bond acceptors (Lipinski definition) is 3. The summed E-state index contributed by atoms with van der Waals surface area (Å²) in [5, 5.41) is 8.58. The predicted molar refractivity (Wildman–Crippen MR) is 64.9 cm³/mol. The van der Waals surface area contributed by atoms with E-state index in [0.717, 1.165) is 11.5 Å². The first-order valence-electron chi connectivity index (χ1n) is 5.05. The summed E-state index contributed by atoms with van der Waals surface area (Å²) < 4.78 is 1.88. The van der Waals surface area contributed by atoms with Crippen molar-refractivity contribution >= 4 is 17.3 Å². The fraction of sp³-hybridized carbons (Fsp3) is 0.273. The second kappa shape index (κ2) is 4.14. The summed E-state index contributed by atoms with van der Waals surface area (Å²) in [6.07, 6.45) is 1.66. The third kappa shape index (κ3) is 1.88. The molecule has 16 heavy (non-hydrogen) atoms. The maximum atomic E-state index is 6.14. The Morgan fingerprint density at radius 3 is 2.75 bits per heavy atom. The average molecular weight is 237 g/mol. The minimum absolute atomic E-state index is 0.288. The third-order valence-corrected chi connectivity index (χ3v) is 2.62. The Balaban J connectivity index is 2.54. The topological polar surface area (TPSA) is 56.7 Å². The Hall–Kier alpha value is -1.55. The molecule has 0 aliphatic rings. The molecular formula is C11H13ClN4. The molecule has 0 bridgehead atoms. The van der Waals surface area contributed by atoms with Gasteiger partial charge < -0.3 is 5.73 Å². The first kappa shape index (κ1) is 11.0. The van der Waals surface area contributed by atoms with E-state index in [-0.39, 0.29) is 5.92 Å². The van der Waals surface area contributed by atoms with E-state index in [2.05, 4.69) is 24.0 Å². The maximum Gasteiger partial charge on any atom is 0.140 e. The van der Waals surface area contributed by atoms with Crippen molar-refractivity contribution in [1.82, 2.24) is 14.8 Å². The van der Waals surface area contributed by atoms with Crippen LogP contribution in [0.25, 0.3) is 5.69 Å². The number of nitrogen functional groups attached to an aromatic ring is 1. The number of hydrogen-bond donors (Lipinski definition) is 1. The lowest BCUT2D eigenvalue weighted by Crippen LogP contribution is -2.03. The third-order valence-electron chi connectivity index (χ3n) is 2.32. The van der Waals surface area contributed by atoms with Crippen LogP contribution in [0.3, 0.4) is 0 Å². The number of nitrogens with zero attached hydrogens (tertiary/aromatic N) is 3. The average Bonchev–Trinajstić information content (AvgIpc) is 2.66. The Labute approximate surface area is 99.1 Å². The second-order valence-electron chi connectivity index (χ2n) is 3.92.